The number of amides is 1. The van der Waals surface area contributed by atoms with Crippen molar-refractivity contribution in [3.63, 3.8) is 0 Å². The van der Waals surface area contributed by atoms with Crippen molar-refractivity contribution < 1.29 is 14.3 Å². The molecule has 2 aromatic rings. The van der Waals surface area contributed by atoms with Gasteiger partial charge in [-0.15, -0.1) is 0 Å². The Kier molecular flexibility index (Phi) is 5.11. The minimum Gasteiger partial charge on any atom is -0.378 e. The van der Waals surface area contributed by atoms with Gasteiger partial charge in [-0.1, -0.05) is 19.1 Å². The maximum atomic E-state index is 14.6. The van der Waals surface area contributed by atoms with E-state index in [2.05, 4.69) is 29.6 Å². The quantitative estimate of drug-likeness (QED) is 0.666. The van der Waals surface area contributed by atoms with E-state index in [1.807, 2.05) is 11.0 Å². The molecule has 33 heavy (non-hydrogen) atoms. The van der Waals surface area contributed by atoms with Crippen molar-refractivity contribution in [3.05, 3.63) is 52.6 Å². The highest BCUT2D eigenvalue weighted by molar-refractivity contribution is 5.78. The molecule has 6 rings (SSSR count). The summed E-state index contributed by atoms with van der Waals surface area (Å²) in [5.74, 6) is 1.58. The van der Waals surface area contributed by atoms with Crippen LogP contribution in [0.4, 0.5) is 4.39 Å². The van der Waals surface area contributed by atoms with Gasteiger partial charge < -0.3 is 10.4 Å². The lowest BCUT2D eigenvalue weighted by Gasteiger charge is -2.50. The summed E-state index contributed by atoms with van der Waals surface area (Å²) in [7, 11) is 0. The molecule has 1 saturated carbocycles. The minimum absolute atomic E-state index is 0.0158. The van der Waals surface area contributed by atoms with Gasteiger partial charge in [0.2, 0.25) is 5.91 Å². The Hall–Kier alpha value is -2.25. The Labute approximate surface area is 193 Å². The Morgan fingerprint density at radius 3 is 3.06 bits per heavy atom. The van der Waals surface area contributed by atoms with Gasteiger partial charge in [-0.05, 0) is 85.0 Å². The zero-order valence-electron chi connectivity index (χ0n) is 19.2. The molecule has 2 heterocycles. The number of benzene rings is 1. The lowest BCUT2D eigenvalue weighted by molar-refractivity contribution is -0.128. The molecule has 0 bridgehead atoms. The Bertz CT molecular complexity index is 1070. The average Bonchev–Trinajstić information content (AvgIpc) is 3.38. The number of hydrogen-bond donors (Lipinski definition) is 3. The third-order valence-corrected chi connectivity index (χ3v) is 9.24. The first kappa shape index (κ1) is 21.3. The maximum absolute atomic E-state index is 14.6. The van der Waals surface area contributed by atoms with E-state index in [1.165, 1.54) is 16.8 Å². The van der Waals surface area contributed by atoms with Gasteiger partial charge in [0.05, 0.1) is 12.2 Å². The second-order valence-electron chi connectivity index (χ2n) is 10.8. The summed E-state index contributed by atoms with van der Waals surface area (Å²) >= 11 is 0. The summed E-state index contributed by atoms with van der Waals surface area (Å²) in [5.41, 5.74) is 4.67. The molecule has 6 atom stereocenters. The molecule has 1 aromatic carbocycles. The Morgan fingerprint density at radius 1 is 1.33 bits per heavy atom. The zero-order chi connectivity index (χ0) is 22.7. The van der Waals surface area contributed by atoms with Crippen molar-refractivity contribution in [2.45, 2.75) is 68.9 Å². The Balaban J connectivity index is 1.28. The van der Waals surface area contributed by atoms with Gasteiger partial charge in [-0.25, -0.2) is 4.39 Å². The molecule has 3 N–H and O–H groups in total. The fourth-order valence-corrected chi connectivity index (χ4v) is 7.83. The lowest BCUT2D eigenvalue weighted by Crippen LogP contribution is -2.51. The van der Waals surface area contributed by atoms with Crippen LogP contribution >= 0.6 is 0 Å². The predicted octanol–water partition coefficient (Wildman–Crippen LogP) is 3.19. The van der Waals surface area contributed by atoms with Crippen LogP contribution in [0.1, 0.15) is 73.2 Å². The Morgan fingerprint density at radius 2 is 2.21 bits per heavy atom. The van der Waals surface area contributed by atoms with Crippen molar-refractivity contribution in [1.82, 2.24) is 20.4 Å². The standard InChI is InChI=1S/C26H33FN4O2/c1-26-10-9-16-15-3-2-4-21(27)17(15)5-6-18(16)24(26)19(20-13-29-30-25(20)26)7-8-23(33)31-12-11-28-22(32)14-31/h2-4,13,16,18-19,23-24,33H,5-12,14H2,1H3,(H,28,32)(H,29,30)/t16?,18?,19-,23?,24?,26+/m1/s1. The molecule has 176 valence electrons. The number of aromatic amines is 1. The molecule has 6 nitrogen and oxygen atoms in total. The monoisotopic (exact) mass is 452 g/mol. The van der Waals surface area contributed by atoms with Crippen LogP contribution in [-0.4, -0.2) is 52.0 Å². The van der Waals surface area contributed by atoms with E-state index in [0.717, 1.165) is 37.7 Å². The van der Waals surface area contributed by atoms with Gasteiger partial charge in [0, 0.05) is 24.7 Å². The van der Waals surface area contributed by atoms with Crippen LogP contribution in [0.2, 0.25) is 0 Å². The number of nitrogens with zero attached hydrogens (tertiary/aromatic N) is 2. The number of carbonyl (C=O) groups excluding carboxylic acids is 1. The SMILES string of the molecule is C[C@]12CCC3c4cccc(F)c4CCC3C1[C@H](CCC(O)N1CCNC(=O)C1)c1c[nH]nc12. The molecule has 2 fully saturated rings. The first-order valence-corrected chi connectivity index (χ1v) is 12.5. The molecule has 4 aliphatic rings. The number of aliphatic hydroxyl groups is 1. The number of rotatable bonds is 4. The van der Waals surface area contributed by atoms with Crippen LogP contribution < -0.4 is 5.32 Å². The molecule has 4 unspecified atom stereocenters. The van der Waals surface area contributed by atoms with Crippen LogP contribution in [0.5, 0.6) is 0 Å². The van der Waals surface area contributed by atoms with Crippen LogP contribution in [0, 0.1) is 17.7 Å². The zero-order valence-corrected chi connectivity index (χ0v) is 19.2. The number of nitrogens with one attached hydrogen (secondary N) is 2. The van der Waals surface area contributed by atoms with E-state index in [1.54, 1.807) is 6.07 Å². The number of piperazine rings is 1. The van der Waals surface area contributed by atoms with Gasteiger partial charge in [-0.2, -0.15) is 5.10 Å². The van der Waals surface area contributed by atoms with Crippen LogP contribution in [0.3, 0.4) is 0 Å². The lowest BCUT2D eigenvalue weighted by atomic mass is 9.53. The van der Waals surface area contributed by atoms with E-state index in [0.29, 0.717) is 43.2 Å². The third kappa shape index (κ3) is 3.27. The molecule has 1 amide bonds. The number of halogens is 1. The van der Waals surface area contributed by atoms with Gasteiger partial charge >= 0.3 is 0 Å². The van der Waals surface area contributed by atoms with E-state index >= 15 is 0 Å². The van der Waals surface area contributed by atoms with E-state index in [-0.39, 0.29) is 23.7 Å². The molecular formula is C26H33FN4O2. The number of aliphatic hydroxyl groups excluding tert-OH is 1. The summed E-state index contributed by atoms with van der Waals surface area (Å²) in [4.78, 5) is 13.7. The van der Waals surface area contributed by atoms with Crippen molar-refractivity contribution in [2.24, 2.45) is 11.8 Å². The van der Waals surface area contributed by atoms with Crippen LogP contribution in [0.15, 0.2) is 24.4 Å². The summed E-state index contributed by atoms with van der Waals surface area (Å²) < 4.78 is 14.6. The molecule has 1 aromatic heterocycles. The van der Waals surface area contributed by atoms with Crippen LogP contribution in [0.25, 0.3) is 0 Å². The molecule has 1 saturated heterocycles. The summed E-state index contributed by atoms with van der Waals surface area (Å²) in [6, 6.07) is 5.61. The van der Waals surface area contributed by atoms with E-state index in [4.69, 9.17) is 5.10 Å². The fraction of sp³-hybridized carbons (Fsp3) is 0.615. The first-order valence-electron chi connectivity index (χ1n) is 12.5. The number of aromatic nitrogens is 2. The summed E-state index contributed by atoms with van der Waals surface area (Å²) in [5, 5.41) is 21.5. The fourth-order valence-electron chi connectivity index (χ4n) is 7.83. The highest BCUT2D eigenvalue weighted by Gasteiger charge is 2.58. The number of fused-ring (bicyclic) bond motifs is 7. The molecule has 1 aliphatic heterocycles. The predicted molar refractivity (Wildman–Crippen MR) is 122 cm³/mol. The van der Waals surface area contributed by atoms with E-state index in [9.17, 15) is 14.3 Å². The third-order valence-electron chi connectivity index (χ3n) is 9.24. The number of hydrogen-bond acceptors (Lipinski definition) is 4. The maximum Gasteiger partial charge on any atom is 0.234 e. The average molecular weight is 453 g/mol. The first-order chi connectivity index (χ1) is 16.0. The van der Waals surface area contributed by atoms with Crippen LogP contribution in [-0.2, 0) is 16.6 Å². The van der Waals surface area contributed by atoms with Crippen molar-refractivity contribution in [1.29, 1.82) is 0 Å². The molecule has 0 radical (unpaired) electrons. The normalized spacial score (nSPS) is 34.1. The highest BCUT2D eigenvalue weighted by Crippen LogP contribution is 2.64. The number of carbonyl (C=O) groups is 1. The van der Waals surface area contributed by atoms with Gasteiger partial charge in [-0.3, -0.25) is 14.8 Å². The second kappa shape index (κ2) is 7.91. The highest BCUT2D eigenvalue weighted by atomic mass is 19.1. The smallest absolute Gasteiger partial charge is 0.234 e. The molecule has 7 heteroatoms. The molecule has 0 spiro atoms. The van der Waals surface area contributed by atoms with Crippen molar-refractivity contribution >= 4 is 5.91 Å². The molecule has 3 aliphatic carbocycles. The topological polar surface area (TPSA) is 81.2 Å². The van der Waals surface area contributed by atoms with Gasteiger partial charge in [0.25, 0.3) is 0 Å². The minimum atomic E-state index is -0.612. The van der Waals surface area contributed by atoms with Gasteiger partial charge in [0.1, 0.15) is 12.0 Å². The van der Waals surface area contributed by atoms with Crippen molar-refractivity contribution in [2.75, 3.05) is 19.6 Å². The van der Waals surface area contributed by atoms with Gasteiger partial charge in [0.15, 0.2) is 0 Å². The summed E-state index contributed by atoms with van der Waals surface area (Å²) in [6.45, 7) is 3.91. The van der Waals surface area contributed by atoms with E-state index < -0.39 is 6.23 Å². The molecular weight excluding hydrogens is 419 g/mol. The number of H-pyrrole nitrogens is 1. The largest absolute Gasteiger partial charge is 0.378 e. The van der Waals surface area contributed by atoms with Crippen molar-refractivity contribution in [3.8, 4) is 0 Å². The second-order valence-corrected chi connectivity index (χ2v) is 10.8. The summed E-state index contributed by atoms with van der Waals surface area (Å²) in [6.07, 6.45) is 6.89.